The summed E-state index contributed by atoms with van der Waals surface area (Å²) in [6.45, 7) is 5.87. The Bertz CT molecular complexity index is 780. The van der Waals surface area contributed by atoms with E-state index in [0.29, 0.717) is 13.2 Å². The summed E-state index contributed by atoms with van der Waals surface area (Å²) in [5.41, 5.74) is 2.27. The fourth-order valence-electron chi connectivity index (χ4n) is 3.24. The van der Waals surface area contributed by atoms with Gasteiger partial charge in [-0.15, -0.1) is 24.0 Å². The Labute approximate surface area is 190 Å². The predicted molar refractivity (Wildman–Crippen MR) is 126 cm³/mol. The third-order valence-corrected chi connectivity index (χ3v) is 4.79. The number of nitrogens with zero attached hydrogens (tertiary/aromatic N) is 4. The molecule has 1 aromatic carbocycles. The van der Waals surface area contributed by atoms with Gasteiger partial charge in [0.25, 0.3) is 0 Å². The minimum absolute atomic E-state index is 0. The summed E-state index contributed by atoms with van der Waals surface area (Å²) in [4.78, 5) is 6.71. The Balaban J connectivity index is 0.00000300. The number of ether oxygens (including phenoxy) is 2. The molecule has 1 fully saturated rings. The van der Waals surface area contributed by atoms with Gasteiger partial charge in [0, 0.05) is 38.9 Å². The SMILES string of the molecule is CCCCOc1cccc(CNC(=NC)N2CCOC(c3cnn(C)c3)C2)c1.I. The van der Waals surface area contributed by atoms with Crippen molar-refractivity contribution in [3.05, 3.63) is 47.8 Å². The van der Waals surface area contributed by atoms with Crippen LogP contribution in [0.25, 0.3) is 0 Å². The molecule has 0 spiro atoms. The maximum absolute atomic E-state index is 5.93. The van der Waals surface area contributed by atoms with E-state index in [9.17, 15) is 0 Å². The Morgan fingerprint density at radius 2 is 2.28 bits per heavy atom. The molecule has 1 aromatic heterocycles. The van der Waals surface area contributed by atoms with Crippen LogP contribution in [0.15, 0.2) is 41.7 Å². The zero-order valence-electron chi connectivity index (χ0n) is 17.5. The first-order valence-electron chi connectivity index (χ1n) is 9.97. The molecule has 7 nitrogen and oxygen atoms in total. The van der Waals surface area contributed by atoms with Gasteiger partial charge >= 0.3 is 0 Å². The fraction of sp³-hybridized carbons (Fsp3) is 0.524. The van der Waals surface area contributed by atoms with Crippen molar-refractivity contribution >= 4 is 29.9 Å². The average Bonchev–Trinajstić information content (AvgIpc) is 3.16. The van der Waals surface area contributed by atoms with Gasteiger partial charge in [-0.25, -0.2) is 0 Å². The topological polar surface area (TPSA) is 63.9 Å². The first-order chi connectivity index (χ1) is 13.7. The van der Waals surface area contributed by atoms with E-state index >= 15 is 0 Å². The number of hydrogen-bond donors (Lipinski definition) is 1. The Hall–Kier alpha value is -1.81. The molecule has 1 unspecified atom stereocenters. The quantitative estimate of drug-likeness (QED) is 0.266. The lowest BCUT2D eigenvalue weighted by Gasteiger charge is -2.34. The standard InChI is InChI=1S/C21H31N5O2.HI/c1-4-5-10-27-19-8-6-7-17(12-19)13-23-21(22-2)26-9-11-28-20(16-26)18-14-24-25(3)15-18;/h6-8,12,14-15,20H,4-5,9-11,13,16H2,1-3H3,(H,22,23);1H. The van der Waals surface area contributed by atoms with E-state index in [1.54, 1.807) is 4.68 Å². The van der Waals surface area contributed by atoms with Gasteiger partial charge in [0.05, 0.1) is 26.0 Å². The van der Waals surface area contributed by atoms with Gasteiger partial charge in [-0.05, 0) is 24.1 Å². The van der Waals surface area contributed by atoms with Crippen LogP contribution >= 0.6 is 24.0 Å². The number of rotatable bonds is 7. The van der Waals surface area contributed by atoms with Gasteiger partial charge in [-0.2, -0.15) is 5.10 Å². The van der Waals surface area contributed by atoms with Crippen molar-refractivity contribution in [3.8, 4) is 5.75 Å². The molecule has 1 N–H and O–H groups in total. The number of halogens is 1. The van der Waals surface area contributed by atoms with Crippen molar-refractivity contribution in [1.82, 2.24) is 20.0 Å². The first-order valence-corrected chi connectivity index (χ1v) is 9.97. The number of benzene rings is 1. The van der Waals surface area contributed by atoms with Crippen LogP contribution in [-0.2, 0) is 18.3 Å². The number of aromatic nitrogens is 2. The predicted octanol–water partition coefficient (Wildman–Crippen LogP) is 3.37. The maximum Gasteiger partial charge on any atom is 0.194 e. The number of guanidine groups is 1. The minimum atomic E-state index is 0. The van der Waals surface area contributed by atoms with Crippen molar-refractivity contribution in [2.75, 3.05) is 33.4 Å². The average molecular weight is 513 g/mol. The molecule has 0 amide bonds. The molecule has 2 heterocycles. The third-order valence-electron chi connectivity index (χ3n) is 4.79. The van der Waals surface area contributed by atoms with Crippen LogP contribution < -0.4 is 10.1 Å². The van der Waals surface area contributed by atoms with Gasteiger partial charge in [0.1, 0.15) is 11.9 Å². The van der Waals surface area contributed by atoms with Crippen molar-refractivity contribution in [1.29, 1.82) is 0 Å². The normalized spacial score (nSPS) is 17.0. The molecule has 1 atom stereocenters. The lowest BCUT2D eigenvalue weighted by atomic mass is 10.1. The summed E-state index contributed by atoms with van der Waals surface area (Å²) >= 11 is 0. The third kappa shape index (κ3) is 6.88. The molecule has 160 valence electrons. The lowest BCUT2D eigenvalue weighted by molar-refractivity contribution is -0.00805. The van der Waals surface area contributed by atoms with E-state index < -0.39 is 0 Å². The van der Waals surface area contributed by atoms with Crippen LogP contribution in [0, 0.1) is 0 Å². The highest BCUT2D eigenvalue weighted by atomic mass is 127. The van der Waals surface area contributed by atoms with Crippen molar-refractivity contribution in [2.24, 2.45) is 12.0 Å². The van der Waals surface area contributed by atoms with E-state index in [4.69, 9.17) is 9.47 Å². The van der Waals surface area contributed by atoms with Crippen LogP contribution in [0.1, 0.15) is 37.0 Å². The summed E-state index contributed by atoms with van der Waals surface area (Å²) < 4.78 is 13.5. The molecule has 0 saturated carbocycles. The molecular weight excluding hydrogens is 481 g/mol. The second-order valence-electron chi connectivity index (χ2n) is 7.00. The van der Waals surface area contributed by atoms with E-state index in [2.05, 4.69) is 39.4 Å². The second-order valence-corrected chi connectivity index (χ2v) is 7.00. The number of hydrogen-bond acceptors (Lipinski definition) is 4. The Morgan fingerprint density at radius 1 is 1.41 bits per heavy atom. The first kappa shape index (κ1) is 23.5. The molecular formula is C21H32IN5O2. The zero-order chi connectivity index (χ0) is 19.8. The highest BCUT2D eigenvalue weighted by molar-refractivity contribution is 14.0. The minimum Gasteiger partial charge on any atom is -0.494 e. The molecule has 29 heavy (non-hydrogen) atoms. The Kier molecular flexibility index (Phi) is 9.72. The van der Waals surface area contributed by atoms with E-state index in [1.165, 1.54) is 5.56 Å². The number of unbranched alkanes of at least 4 members (excludes halogenated alkanes) is 1. The van der Waals surface area contributed by atoms with Crippen molar-refractivity contribution in [2.45, 2.75) is 32.4 Å². The van der Waals surface area contributed by atoms with E-state index in [0.717, 1.165) is 49.8 Å². The molecule has 1 aliphatic heterocycles. The Morgan fingerprint density at radius 3 is 3.00 bits per heavy atom. The molecule has 0 bridgehead atoms. The molecule has 1 aliphatic rings. The summed E-state index contributed by atoms with van der Waals surface area (Å²) in [6.07, 6.45) is 6.10. The maximum atomic E-state index is 5.93. The van der Waals surface area contributed by atoms with Crippen LogP contribution in [0.4, 0.5) is 0 Å². The fourth-order valence-corrected chi connectivity index (χ4v) is 3.24. The van der Waals surface area contributed by atoms with E-state index in [1.807, 2.05) is 38.6 Å². The molecule has 3 rings (SSSR count). The van der Waals surface area contributed by atoms with Crippen molar-refractivity contribution in [3.63, 3.8) is 0 Å². The van der Waals surface area contributed by atoms with Crippen molar-refractivity contribution < 1.29 is 9.47 Å². The van der Waals surface area contributed by atoms with Gasteiger partial charge in [-0.3, -0.25) is 9.67 Å². The molecule has 0 aliphatic carbocycles. The highest BCUT2D eigenvalue weighted by Crippen LogP contribution is 2.21. The number of aliphatic imine (C=N–C) groups is 1. The molecule has 1 saturated heterocycles. The highest BCUT2D eigenvalue weighted by Gasteiger charge is 2.25. The second kappa shape index (κ2) is 12.0. The zero-order valence-corrected chi connectivity index (χ0v) is 19.8. The molecule has 2 aromatic rings. The van der Waals surface area contributed by atoms with Gasteiger partial charge in [-0.1, -0.05) is 25.5 Å². The number of nitrogens with one attached hydrogen (secondary N) is 1. The largest absolute Gasteiger partial charge is 0.494 e. The summed E-state index contributed by atoms with van der Waals surface area (Å²) in [6, 6.07) is 8.24. The van der Waals surface area contributed by atoms with E-state index in [-0.39, 0.29) is 30.1 Å². The van der Waals surface area contributed by atoms with Gasteiger partial charge in [0.15, 0.2) is 5.96 Å². The van der Waals surface area contributed by atoms with Crippen LogP contribution in [0.2, 0.25) is 0 Å². The van der Waals surface area contributed by atoms with Crippen LogP contribution in [0.5, 0.6) is 5.75 Å². The summed E-state index contributed by atoms with van der Waals surface area (Å²) in [5, 5.41) is 7.72. The van der Waals surface area contributed by atoms with Crippen LogP contribution in [-0.4, -0.2) is 54.0 Å². The summed E-state index contributed by atoms with van der Waals surface area (Å²) in [5.74, 6) is 1.81. The molecule has 0 radical (unpaired) electrons. The molecule has 8 heteroatoms. The van der Waals surface area contributed by atoms with Gasteiger partial charge < -0.3 is 19.7 Å². The number of morpholine rings is 1. The van der Waals surface area contributed by atoms with Crippen LogP contribution in [0.3, 0.4) is 0 Å². The smallest absolute Gasteiger partial charge is 0.194 e. The summed E-state index contributed by atoms with van der Waals surface area (Å²) in [7, 11) is 3.74. The number of aryl methyl sites for hydroxylation is 1. The lowest BCUT2D eigenvalue weighted by Crippen LogP contribution is -2.47. The monoisotopic (exact) mass is 513 g/mol. The van der Waals surface area contributed by atoms with Gasteiger partial charge in [0.2, 0.25) is 0 Å².